The number of piperidine rings is 1. The molecule has 4 rings (SSSR count). The van der Waals surface area contributed by atoms with Gasteiger partial charge in [0.25, 0.3) is 0 Å². The zero-order valence-electron chi connectivity index (χ0n) is 20.7. The van der Waals surface area contributed by atoms with Crippen molar-refractivity contribution in [2.24, 2.45) is 0 Å². The first kappa shape index (κ1) is 26.8. The first-order valence-corrected chi connectivity index (χ1v) is 12.0. The van der Waals surface area contributed by atoms with E-state index in [9.17, 15) is 0 Å². The Hall–Kier alpha value is -0.240. The standard InChI is InChI=1S/2C6H14N2.C6H13N.C5H11N/c2*1-7-3-5-8(2)6-4-7;1-7-5-3-2-4-6-7;1-6-4-2-3-5-6/h2*3-6H2,1-2H3;2-6H2,1H3;2-5H2,1H3. The molecule has 174 valence electrons. The van der Waals surface area contributed by atoms with E-state index in [4.69, 9.17) is 0 Å². The molecular weight excluding hydrogens is 360 g/mol. The molecule has 0 radical (unpaired) electrons. The minimum atomic E-state index is 1.23. The molecule has 0 aromatic heterocycles. The van der Waals surface area contributed by atoms with Gasteiger partial charge in [0, 0.05) is 52.4 Å². The van der Waals surface area contributed by atoms with Gasteiger partial charge >= 0.3 is 0 Å². The summed E-state index contributed by atoms with van der Waals surface area (Å²) in [6, 6.07) is 0. The highest BCUT2D eigenvalue weighted by molar-refractivity contribution is 4.65. The fourth-order valence-corrected chi connectivity index (χ4v) is 3.74. The summed E-state index contributed by atoms with van der Waals surface area (Å²) < 4.78 is 0. The van der Waals surface area contributed by atoms with E-state index in [1.807, 2.05) is 0 Å². The van der Waals surface area contributed by atoms with E-state index >= 15 is 0 Å². The van der Waals surface area contributed by atoms with Gasteiger partial charge in [0.1, 0.15) is 0 Å². The zero-order chi connectivity index (χ0) is 21.5. The van der Waals surface area contributed by atoms with Crippen molar-refractivity contribution >= 4 is 0 Å². The molecule has 4 aliphatic heterocycles. The molecule has 0 amide bonds. The summed E-state index contributed by atoms with van der Waals surface area (Å²) in [5.74, 6) is 0. The molecule has 0 atom stereocenters. The van der Waals surface area contributed by atoms with Crippen LogP contribution in [0.4, 0.5) is 0 Å². The summed E-state index contributed by atoms with van der Waals surface area (Å²) in [4.78, 5) is 14.2. The van der Waals surface area contributed by atoms with Gasteiger partial charge in [-0.1, -0.05) is 6.42 Å². The van der Waals surface area contributed by atoms with E-state index in [-0.39, 0.29) is 0 Å². The Labute approximate surface area is 182 Å². The predicted molar refractivity (Wildman–Crippen MR) is 128 cm³/mol. The van der Waals surface area contributed by atoms with E-state index in [2.05, 4.69) is 71.7 Å². The fraction of sp³-hybridized carbons (Fsp3) is 1.00. The van der Waals surface area contributed by atoms with Gasteiger partial charge in [-0.25, -0.2) is 0 Å². The highest BCUT2D eigenvalue weighted by atomic mass is 15.2. The quantitative estimate of drug-likeness (QED) is 0.597. The van der Waals surface area contributed by atoms with Crippen LogP contribution in [0.3, 0.4) is 0 Å². The number of likely N-dealkylation sites (tertiary alicyclic amines) is 2. The third-order valence-corrected chi connectivity index (χ3v) is 6.36. The van der Waals surface area contributed by atoms with Crippen molar-refractivity contribution in [1.29, 1.82) is 0 Å². The van der Waals surface area contributed by atoms with Crippen LogP contribution >= 0.6 is 0 Å². The van der Waals surface area contributed by atoms with Crippen LogP contribution in [0.15, 0.2) is 0 Å². The lowest BCUT2D eigenvalue weighted by atomic mass is 10.1. The molecule has 29 heavy (non-hydrogen) atoms. The maximum atomic E-state index is 2.39. The average Bonchev–Trinajstić information content (AvgIpc) is 3.20. The number of piperazine rings is 2. The van der Waals surface area contributed by atoms with Crippen LogP contribution in [-0.2, 0) is 0 Å². The second-order valence-electron chi connectivity index (χ2n) is 9.59. The van der Waals surface area contributed by atoms with Crippen LogP contribution in [0.2, 0.25) is 0 Å². The third-order valence-electron chi connectivity index (χ3n) is 6.36. The van der Waals surface area contributed by atoms with Gasteiger partial charge in [0.15, 0.2) is 0 Å². The Morgan fingerprint density at radius 2 is 0.414 bits per heavy atom. The first-order valence-electron chi connectivity index (χ1n) is 12.0. The molecule has 0 aromatic rings. The molecule has 0 N–H and O–H groups in total. The van der Waals surface area contributed by atoms with Crippen LogP contribution < -0.4 is 0 Å². The number of hydrogen-bond donors (Lipinski definition) is 0. The van der Waals surface area contributed by atoms with Crippen molar-refractivity contribution < 1.29 is 0 Å². The minimum Gasteiger partial charge on any atom is -0.306 e. The Morgan fingerprint density at radius 3 is 0.552 bits per heavy atom. The van der Waals surface area contributed by atoms with E-state index in [1.54, 1.807) is 0 Å². The Bertz CT molecular complexity index is 312. The third kappa shape index (κ3) is 15.2. The van der Waals surface area contributed by atoms with Crippen LogP contribution in [0, 0.1) is 0 Å². The molecular formula is C23H52N6. The summed E-state index contributed by atoms with van der Waals surface area (Å²) >= 11 is 0. The molecule has 6 heteroatoms. The van der Waals surface area contributed by atoms with E-state index in [0.29, 0.717) is 0 Å². The lowest BCUT2D eigenvalue weighted by Gasteiger charge is -2.28. The van der Waals surface area contributed by atoms with E-state index < -0.39 is 0 Å². The van der Waals surface area contributed by atoms with Gasteiger partial charge in [-0.2, -0.15) is 0 Å². The maximum absolute atomic E-state index is 2.39. The zero-order valence-corrected chi connectivity index (χ0v) is 20.7. The lowest BCUT2D eigenvalue weighted by molar-refractivity contribution is 0.181. The SMILES string of the molecule is CN1CCCC1.CN1CCCCC1.CN1CCN(C)CC1.CN1CCN(C)CC1. The predicted octanol–water partition coefficient (Wildman–Crippen LogP) is 1.54. The van der Waals surface area contributed by atoms with Gasteiger partial charge in [-0.15, -0.1) is 0 Å². The molecule has 0 saturated carbocycles. The molecule has 4 fully saturated rings. The monoisotopic (exact) mass is 412 g/mol. The summed E-state index contributed by atoms with van der Waals surface area (Å²) in [7, 11) is 13.1. The minimum absolute atomic E-state index is 1.23. The Morgan fingerprint density at radius 1 is 0.241 bits per heavy atom. The number of nitrogens with zero attached hydrogens (tertiary/aromatic N) is 6. The van der Waals surface area contributed by atoms with Crippen molar-refractivity contribution in [2.75, 3.05) is 121 Å². The highest BCUT2D eigenvalue weighted by Gasteiger charge is 2.08. The Kier molecular flexibility index (Phi) is 15.2. The van der Waals surface area contributed by atoms with Crippen molar-refractivity contribution in [3.63, 3.8) is 0 Å². The summed E-state index contributed by atoms with van der Waals surface area (Å²) in [6.07, 6.45) is 7.10. The fourth-order valence-electron chi connectivity index (χ4n) is 3.74. The van der Waals surface area contributed by atoms with Crippen LogP contribution in [-0.4, -0.2) is 150 Å². The van der Waals surface area contributed by atoms with Crippen molar-refractivity contribution in [1.82, 2.24) is 29.4 Å². The maximum Gasteiger partial charge on any atom is 0.0107 e. The van der Waals surface area contributed by atoms with Crippen molar-refractivity contribution in [2.45, 2.75) is 32.1 Å². The molecule has 6 nitrogen and oxygen atoms in total. The van der Waals surface area contributed by atoms with E-state index in [0.717, 1.165) is 0 Å². The summed E-state index contributed by atoms with van der Waals surface area (Å²) in [5.41, 5.74) is 0. The van der Waals surface area contributed by atoms with Crippen LogP contribution in [0.25, 0.3) is 0 Å². The van der Waals surface area contributed by atoms with Gasteiger partial charge in [0.2, 0.25) is 0 Å². The first-order chi connectivity index (χ1) is 13.9. The van der Waals surface area contributed by atoms with Gasteiger partial charge in [0.05, 0.1) is 0 Å². The van der Waals surface area contributed by atoms with Gasteiger partial charge in [-0.05, 0) is 94.1 Å². The van der Waals surface area contributed by atoms with Crippen LogP contribution in [0.5, 0.6) is 0 Å². The number of likely N-dealkylation sites (N-methyl/N-ethyl adjacent to an activating group) is 4. The van der Waals surface area contributed by atoms with Crippen molar-refractivity contribution in [3.05, 3.63) is 0 Å². The molecule has 0 unspecified atom stereocenters. The summed E-state index contributed by atoms with van der Waals surface area (Å²) in [6.45, 7) is 15.1. The molecule has 4 aliphatic rings. The smallest absolute Gasteiger partial charge is 0.0107 e. The van der Waals surface area contributed by atoms with Crippen LogP contribution in [0.1, 0.15) is 32.1 Å². The largest absolute Gasteiger partial charge is 0.306 e. The molecule has 4 saturated heterocycles. The second-order valence-corrected chi connectivity index (χ2v) is 9.59. The molecule has 4 heterocycles. The van der Waals surface area contributed by atoms with Gasteiger partial charge < -0.3 is 29.4 Å². The molecule has 0 aliphatic carbocycles. The lowest BCUT2D eigenvalue weighted by Crippen LogP contribution is -2.42. The number of rotatable bonds is 0. The normalized spacial score (nSPS) is 25.9. The molecule has 0 aromatic carbocycles. The second kappa shape index (κ2) is 16.5. The molecule has 0 bridgehead atoms. The number of hydrogen-bond acceptors (Lipinski definition) is 6. The molecule has 0 spiro atoms. The average molecular weight is 413 g/mol. The topological polar surface area (TPSA) is 19.4 Å². The van der Waals surface area contributed by atoms with Crippen molar-refractivity contribution in [3.8, 4) is 0 Å². The highest BCUT2D eigenvalue weighted by Crippen LogP contribution is 2.04. The van der Waals surface area contributed by atoms with E-state index in [1.165, 1.54) is 111 Å². The van der Waals surface area contributed by atoms with Gasteiger partial charge in [-0.3, -0.25) is 0 Å². The Balaban J connectivity index is 0.000000194. The summed E-state index contributed by atoms with van der Waals surface area (Å²) in [5, 5.41) is 0.